The first kappa shape index (κ1) is 15.1. The second-order valence-electron chi connectivity index (χ2n) is 4.97. The van der Waals surface area contributed by atoms with E-state index in [1.165, 1.54) is 6.33 Å². The van der Waals surface area contributed by atoms with Crippen molar-refractivity contribution in [3.8, 4) is 0 Å². The maximum absolute atomic E-state index is 11.2. The Kier molecular flexibility index (Phi) is 4.99. The molecule has 0 atom stereocenters. The van der Waals surface area contributed by atoms with Crippen LogP contribution in [0, 0.1) is 10.1 Å². The Hall–Kier alpha value is -1.96. The van der Waals surface area contributed by atoms with E-state index in [9.17, 15) is 10.1 Å². The zero-order chi connectivity index (χ0) is 14.5. The molecule has 0 radical (unpaired) electrons. The molecule has 0 amide bonds. The molecule has 1 rings (SSSR count). The number of hydrogen-bond acceptors (Lipinski definition) is 7. The maximum Gasteiger partial charge on any atom is 0.353 e. The molecule has 0 saturated carbocycles. The van der Waals surface area contributed by atoms with Crippen LogP contribution in [0.2, 0.25) is 0 Å². The van der Waals surface area contributed by atoms with E-state index in [0.717, 1.165) is 0 Å². The molecule has 106 valence electrons. The molecule has 1 heterocycles. The molecule has 1 aromatic heterocycles. The standard InChI is InChI=1S/C11H19N5O3/c1-11(2,3)15-10-8(16(17)18)9(13-7-14-10)12-5-6-19-4/h7H,5-6H2,1-4H3,(H2,12,13,14,15). The number of nitro groups is 1. The van der Waals surface area contributed by atoms with Gasteiger partial charge in [-0.15, -0.1) is 0 Å². The zero-order valence-electron chi connectivity index (χ0n) is 11.6. The molecule has 0 spiro atoms. The van der Waals surface area contributed by atoms with Crippen molar-refractivity contribution < 1.29 is 9.66 Å². The van der Waals surface area contributed by atoms with Gasteiger partial charge in [-0.1, -0.05) is 0 Å². The molecule has 0 aliphatic carbocycles. The molecule has 0 aliphatic rings. The van der Waals surface area contributed by atoms with E-state index in [4.69, 9.17) is 4.74 Å². The van der Waals surface area contributed by atoms with Crippen LogP contribution >= 0.6 is 0 Å². The first-order valence-electron chi connectivity index (χ1n) is 5.85. The van der Waals surface area contributed by atoms with E-state index in [1.807, 2.05) is 20.8 Å². The maximum atomic E-state index is 11.2. The molecule has 8 heteroatoms. The van der Waals surface area contributed by atoms with E-state index in [2.05, 4.69) is 20.6 Å². The molecule has 8 nitrogen and oxygen atoms in total. The number of nitrogens with one attached hydrogen (secondary N) is 2. The summed E-state index contributed by atoms with van der Waals surface area (Å²) in [5.41, 5.74) is -0.489. The number of ether oxygens (including phenoxy) is 1. The summed E-state index contributed by atoms with van der Waals surface area (Å²) < 4.78 is 4.88. The van der Waals surface area contributed by atoms with Gasteiger partial charge in [-0.3, -0.25) is 10.1 Å². The monoisotopic (exact) mass is 269 g/mol. The van der Waals surface area contributed by atoms with Gasteiger partial charge in [-0.25, -0.2) is 9.97 Å². The first-order valence-corrected chi connectivity index (χ1v) is 5.85. The molecule has 2 N–H and O–H groups in total. The fraction of sp³-hybridized carbons (Fsp3) is 0.636. The van der Waals surface area contributed by atoms with Gasteiger partial charge >= 0.3 is 5.69 Å². The summed E-state index contributed by atoms with van der Waals surface area (Å²) in [5, 5.41) is 17.0. The minimum Gasteiger partial charge on any atom is -0.383 e. The smallest absolute Gasteiger partial charge is 0.353 e. The third-order valence-corrected chi connectivity index (χ3v) is 2.10. The lowest BCUT2D eigenvalue weighted by Crippen LogP contribution is -2.27. The lowest BCUT2D eigenvalue weighted by atomic mass is 10.1. The Morgan fingerprint density at radius 1 is 1.37 bits per heavy atom. The summed E-state index contributed by atoms with van der Waals surface area (Å²) >= 11 is 0. The fourth-order valence-corrected chi connectivity index (χ4v) is 1.40. The highest BCUT2D eigenvalue weighted by atomic mass is 16.6. The third kappa shape index (κ3) is 4.66. The average Bonchev–Trinajstić information content (AvgIpc) is 2.26. The van der Waals surface area contributed by atoms with Crippen LogP contribution in [0.5, 0.6) is 0 Å². The van der Waals surface area contributed by atoms with Gasteiger partial charge in [0.25, 0.3) is 0 Å². The molecule has 1 aromatic rings. The predicted molar refractivity (Wildman–Crippen MR) is 72.4 cm³/mol. The Labute approximate surface area is 111 Å². The fourth-order valence-electron chi connectivity index (χ4n) is 1.40. The van der Waals surface area contributed by atoms with Gasteiger partial charge in [0, 0.05) is 19.2 Å². The van der Waals surface area contributed by atoms with Gasteiger partial charge < -0.3 is 15.4 Å². The number of nitrogens with zero attached hydrogens (tertiary/aromatic N) is 3. The Bertz CT molecular complexity index is 444. The number of methoxy groups -OCH3 is 1. The normalized spacial score (nSPS) is 11.2. The lowest BCUT2D eigenvalue weighted by Gasteiger charge is -2.21. The van der Waals surface area contributed by atoms with Gasteiger partial charge in [0.2, 0.25) is 11.6 Å². The number of aromatic nitrogens is 2. The summed E-state index contributed by atoms with van der Waals surface area (Å²) in [4.78, 5) is 18.5. The molecule has 0 aliphatic heterocycles. The Balaban J connectivity index is 3.04. The topological polar surface area (TPSA) is 102 Å². The van der Waals surface area contributed by atoms with Crippen molar-refractivity contribution in [2.45, 2.75) is 26.3 Å². The average molecular weight is 269 g/mol. The molecule has 0 aromatic carbocycles. The van der Waals surface area contributed by atoms with E-state index in [1.54, 1.807) is 7.11 Å². The highest BCUT2D eigenvalue weighted by molar-refractivity contribution is 5.69. The number of rotatable bonds is 6. The molecule has 0 bridgehead atoms. The second-order valence-corrected chi connectivity index (χ2v) is 4.97. The summed E-state index contributed by atoms with van der Waals surface area (Å²) in [7, 11) is 1.56. The third-order valence-electron chi connectivity index (χ3n) is 2.10. The summed E-state index contributed by atoms with van der Waals surface area (Å²) in [6.45, 7) is 6.57. The van der Waals surface area contributed by atoms with Gasteiger partial charge in [-0.2, -0.15) is 0 Å². The van der Waals surface area contributed by atoms with E-state index in [0.29, 0.717) is 13.2 Å². The van der Waals surface area contributed by atoms with Crippen LogP contribution in [0.1, 0.15) is 20.8 Å². The minimum absolute atomic E-state index is 0.159. The van der Waals surface area contributed by atoms with Crippen molar-refractivity contribution in [3.63, 3.8) is 0 Å². The van der Waals surface area contributed by atoms with E-state index < -0.39 is 4.92 Å². The highest BCUT2D eigenvalue weighted by Gasteiger charge is 2.25. The molecule has 0 fully saturated rings. The van der Waals surface area contributed by atoms with Crippen molar-refractivity contribution >= 4 is 17.3 Å². The minimum atomic E-state index is -0.497. The molecule has 19 heavy (non-hydrogen) atoms. The van der Waals surface area contributed by atoms with Gasteiger partial charge in [0.05, 0.1) is 11.5 Å². The predicted octanol–water partition coefficient (Wildman–Crippen LogP) is 1.65. The number of anilines is 2. The summed E-state index contributed by atoms with van der Waals surface area (Å²) in [5.74, 6) is 0.385. The van der Waals surface area contributed by atoms with Crippen LogP contribution in [0.3, 0.4) is 0 Å². The van der Waals surface area contributed by atoms with Crippen LogP contribution in [-0.2, 0) is 4.74 Å². The van der Waals surface area contributed by atoms with Crippen molar-refractivity contribution in [1.82, 2.24) is 9.97 Å². The largest absolute Gasteiger partial charge is 0.383 e. The molecule has 0 unspecified atom stereocenters. The quantitative estimate of drug-likeness (QED) is 0.460. The van der Waals surface area contributed by atoms with Crippen molar-refractivity contribution in [2.24, 2.45) is 0 Å². The summed E-state index contributed by atoms with van der Waals surface area (Å²) in [6, 6.07) is 0. The molecular weight excluding hydrogens is 250 g/mol. The number of hydrogen-bond donors (Lipinski definition) is 2. The van der Waals surface area contributed by atoms with Crippen LogP contribution < -0.4 is 10.6 Å². The van der Waals surface area contributed by atoms with Gasteiger partial charge in [0.15, 0.2) is 0 Å². The zero-order valence-corrected chi connectivity index (χ0v) is 11.6. The SMILES string of the molecule is COCCNc1ncnc(NC(C)(C)C)c1[N+](=O)[O-]. The first-order chi connectivity index (χ1) is 8.85. The summed E-state index contributed by atoms with van der Waals surface area (Å²) in [6.07, 6.45) is 1.29. The lowest BCUT2D eigenvalue weighted by molar-refractivity contribution is -0.383. The second kappa shape index (κ2) is 6.28. The van der Waals surface area contributed by atoms with Crippen molar-refractivity contribution in [2.75, 3.05) is 30.9 Å². The molecular formula is C11H19N5O3. The van der Waals surface area contributed by atoms with E-state index in [-0.39, 0.29) is 22.9 Å². The van der Waals surface area contributed by atoms with Crippen LogP contribution in [0.4, 0.5) is 17.3 Å². The van der Waals surface area contributed by atoms with Crippen LogP contribution in [-0.4, -0.2) is 40.7 Å². The molecule has 0 saturated heterocycles. The van der Waals surface area contributed by atoms with Crippen molar-refractivity contribution in [1.29, 1.82) is 0 Å². The van der Waals surface area contributed by atoms with Crippen LogP contribution in [0.15, 0.2) is 6.33 Å². The van der Waals surface area contributed by atoms with Crippen LogP contribution in [0.25, 0.3) is 0 Å². The van der Waals surface area contributed by atoms with Gasteiger partial charge in [0.1, 0.15) is 6.33 Å². The van der Waals surface area contributed by atoms with Gasteiger partial charge in [-0.05, 0) is 20.8 Å². The van der Waals surface area contributed by atoms with E-state index >= 15 is 0 Å². The highest BCUT2D eigenvalue weighted by Crippen LogP contribution is 2.30. The van der Waals surface area contributed by atoms with Crippen molar-refractivity contribution in [3.05, 3.63) is 16.4 Å². The Morgan fingerprint density at radius 2 is 2.00 bits per heavy atom. The Morgan fingerprint density at radius 3 is 2.53 bits per heavy atom.